The fraction of sp³-hybridized carbons (Fsp3) is 0.409. The van der Waals surface area contributed by atoms with Crippen molar-refractivity contribution in [3.8, 4) is 0 Å². The van der Waals surface area contributed by atoms with Gasteiger partial charge in [0.15, 0.2) is 0 Å². The van der Waals surface area contributed by atoms with Crippen LogP contribution in [0.4, 0.5) is 0 Å². The van der Waals surface area contributed by atoms with Gasteiger partial charge in [-0.1, -0.05) is 48.4 Å². The Labute approximate surface area is 167 Å². The Bertz CT molecular complexity index is 900. The van der Waals surface area contributed by atoms with Gasteiger partial charge in [0.05, 0.1) is 4.90 Å². The second-order valence-electron chi connectivity index (χ2n) is 7.26. The number of rotatable bonds is 7. The van der Waals surface area contributed by atoms with Crippen LogP contribution in [-0.2, 0) is 32.6 Å². The van der Waals surface area contributed by atoms with Crippen molar-refractivity contribution in [2.24, 2.45) is 0 Å². The molecule has 0 aromatic heterocycles. The van der Waals surface area contributed by atoms with Gasteiger partial charge in [0.25, 0.3) is 0 Å². The zero-order valence-corrected chi connectivity index (χ0v) is 17.1. The molecule has 3 rings (SSSR count). The molecular formula is C22H27NO4S. The molecule has 2 aromatic rings. The van der Waals surface area contributed by atoms with E-state index in [9.17, 15) is 13.2 Å². The number of sulfonamides is 1. The number of carbonyl (C=O) groups is 1. The number of carbonyl (C=O) groups excluding carboxylic acids is 1. The van der Waals surface area contributed by atoms with E-state index in [-0.39, 0.29) is 19.0 Å². The Morgan fingerprint density at radius 3 is 2.39 bits per heavy atom. The average Bonchev–Trinajstić information content (AvgIpc) is 2.72. The molecule has 0 spiro atoms. The third-order valence-electron chi connectivity index (χ3n) is 4.98. The summed E-state index contributed by atoms with van der Waals surface area (Å²) in [5.74, 6) is -0.258. The molecule has 0 aliphatic carbocycles. The van der Waals surface area contributed by atoms with Crippen LogP contribution in [0.3, 0.4) is 0 Å². The lowest BCUT2D eigenvalue weighted by molar-refractivity contribution is -0.144. The normalized spacial score (nSPS) is 15.3. The van der Waals surface area contributed by atoms with Crippen LogP contribution in [0, 0.1) is 6.92 Å². The molecule has 0 N–H and O–H groups in total. The van der Waals surface area contributed by atoms with Crippen LogP contribution in [0.5, 0.6) is 0 Å². The van der Waals surface area contributed by atoms with E-state index in [1.807, 2.05) is 31.2 Å². The molecule has 1 aliphatic heterocycles. The molecule has 0 bridgehead atoms. The average molecular weight is 402 g/mol. The van der Waals surface area contributed by atoms with Gasteiger partial charge in [-0.3, -0.25) is 4.79 Å². The summed E-state index contributed by atoms with van der Waals surface area (Å²) in [7, 11) is -3.41. The van der Waals surface area contributed by atoms with Crippen molar-refractivity contribution >= 4 is 16.0 Å². The molecule has 0 amide bonds. The van der Waals surface area contributed by atoms with Gasteiger partial charge in [-0.2, -0.15) is 4.31 Å². The minimum absolute atomic E-state index is 0.258. The summed E-state index contributed by atoms with van der Waals surface area (Å²) in [5.41, 5.74) is 3.03. The van der Waals surface area contributed by atoms with E-state index >= 15 is 0 Å². The van der Waals surface area contributed by atoms with Crippen LogP contribution in [-0.4, -0.2) is 31.8 Å². The van der Waals surface area contributed by atoms with Gasteiger partial charge in [-0.15, -0.1) is 0 Å². The third-order valence-corrected chi connectivity index (χ3v) is 6.89. The number of nitrogens with zero attached hydrogens (tertiary/aromatic N) is 1. The lowest BCUT2D eigenvalue weighted by Crippen LogP contribution is -2.35. The summed E-state index contributed by atoms with van der Waals surface area (Å²) in [4.78, 5) is 12.3. The van der Waals surface area contributed by atoms with Crippen molar-refractivity contribution in [3.05, 3.63) is 65.2 Å². The first-order valence-electron chi connectivity index (χ1n) is 9.75. The van der Waals surface area contributed by atoms with E-state index in [0.717, 1.165) is 36.0 Å². The van der Waals surface area contributed by atoms with Crippen molar-refractivity contribution in [1.82, 2.24) is 4.31 Å². The summed E-state index contributed by atoms with van der Waals surface area (Å²) < 4.78 is 32.2. The smallest absolute Gasteiger partial charge is 0.306 e. The molecule has 1 saturated heterocycles. The van der Waals surface area contributed by atoms with Crippen molar-refractivity contribution < 1.29 is 17.9 Å². The fourth-order valence-electron chi connectivity index (χ4n) is 3.37. The SMILES string of the molecule is Cc1cccc(COC(=O)CCc2ccc(S(=O)(=O)N3CCCCC3)cc2)c1. The predicted molar refractivity (Wildman–Crippen MR) is 108 cm³/mol. The summed E-state index contributed by atoms with van der Waals surface area (Å²) in [6.45, 7) is 3.46. The van der Waals surface area contributed by atoms with E-state index < -0.39 is 10.0 Å². The molecule has 2 aromatic carbocycles. The van der Waals surface area contributed by atoms with Crippen LogP contribution < -0.4 is 0 Å². The molecule has 5 nitrogen and oxygen atoms in total. The van der Waals surface area contributed by atoms with E-state index in [1.165, 1.54) is 0 Å². The molecule has 1 heterocycles. The second kappa shape index (κ2) is 9.34. The van der Waals surface area contributed by atoms with Gasteiger partial charge in [0.2, 0.25) is 10.0 Å². The van der Waals surface area contributed by atoms with Crippen molar-refractivity contribution in [2.75, 3.05) is 13.1 Å². The summed E-state index contributed by atoms with van der Waals surface area (Å²) in [6.07, 6.45) is 3.72. The maximum atomic E-state index is 12.7. The van der Waals surface area contributed by atoms with Gasteiger partial charge in [-0.05, 0) is 49.4 Å². The van der Waals surface area contributed by atoms with Gasteiger partial charge < -0.3 is 4.74 Å². The molecule has 1 aliphatic rings. The van der Waals surface area contributed by atoms with Gasteiger partial charge >= 0.3 is 5.97 Å². The Morgan fingerprint density at radius 1 is 1.00 bits per heavy atom. The molecular weight excluding hydrogens is 374 g/mol. The summed E-state index contributed by atoms with van der Waals surface area (Å²) in [6, 6.07) is 14.7. The minimum atomic E-state index is -3.41. The van der Waals surface area contributed by atoms with Gasteiger partial charge in [0, 0.05) is 19.5 Å². The highest BCUT2D eigenvalue weighted by atomic mass is 32.2. The van der Waals surface area contributed by atoms with Crippen LogP contribution >= 0.6 is 0 Å². The molecule has 0 saturated carbocycles. The third kappa shape index (κ3) is 5.42. The zero-order valence-electron chi connectivity index (χ0n) is 16.3. The molecule has 0 unspecified atom stereocenters. The van der Waals surface area contributed by atoms with Crippen LogP contribution in [0.2, 0.25) is 0 Å². The first-order chi connectivity index (χ1) is 13.4. The van der Waals surface area contributed by atoms with E-state index in [2.05, 4.69) is 0 Å². The largest absolute Gasteiger partial charge is 0.461 e. The zero-order chi connectivity index (χ0) is 20.0. The van der Waals surface area contributed by atoms with Crippen molar-refractivity contribution in [3.63, 3.8) is 0 Å². The highest BCUT2D eigenvalue weighted by Gasteiger charge is 2.25. The lowest BCUT2D eigenvalue weighted by Gasteiger charge is -2.25. The minimum Gasteiger partial charge on any atom is -0.461 e. The van der Waals surface area contributed by atoms with Crippen LogP contribution in [0.15, 0.2) is 53.4 Å². The van der Waals surface area contributed by atoms with Crippen LogP contribution in [0.1, 0.15) is 42.4 Å². The Morgan fingerprint density at radius 2 is 1.71 bits per heavy atom. The number of esters is 1. The molecule has 0 radical (unpaired) electrons. The highest BCUT2D eigenvalue weighted by molar-refractivity contribution is 7.89. The monoisotopic (exact) mass is 401 g/mol. The highest BCUT2D eigenvalue weighted by Crippen LogP contribution is 2.21. The molecule has 0 atom stereocenters. The molecule has 1 fully saturated rings. The first kappa shape index (κ1) is 20.6. The maximum Gasteiger partial charge on any atom is 0.306 e. The van der Waals surface area contributed by atoms with Gasteiger partial charge in [0.1, 0.15) is 6.61 Å². The second-order valence-corrected chi connectivity index (χ2v) is 9.20. The Kier molecular flexibility index (Phi) is 6.86. The van der Waals surface area contributed by atoms with E-state index in [1.54, 1.807) is 28.6 Å². The number of piperidine rings is 1. The van der Waals surface area contributed by atoms with Crippen molar-refractivity contribution in [2.45, 2.75) is 50.5 Å². The van der Waals surface area contributed by atoms with E-state index in [4.69, 9.17) is 4.74 Å². The molecule has 6 heteroatoms. The molecule has 28 heavy (non-hydrogen) atoms. The van der Waals surface area contributed by atoms with E-state index in [0.29, 0.717) is 24.4 Å². The van der Waals surface area contributed by atoms with Gasteiger partial charge in [-0.25, -0.2) is 8.42 Å². The van der Waals surface area contributed by atoms with Crippen LogP contribution in [0.25, 0.3) is 0 Å². The first-order valence-corrected chi connectivity index (χ1v) is 11.2. The Balaban J connectivity index is 1.50. The lowest BCUT2D eigenvalue weighted by atomic mass is 10.1. The number of hydrogen-bond acceptors (Lipinski definition) is 4. The Hall–Kier alpha value is -2.18. The number of ether oxygens (including phenoxy) is 1. The summed E-state index contributed by atoms with van der Waals surface area (Å²) >= 11 is 0. The standard InChI is InChI=1S/C22H27NO4S/c1-18-6-5-7-20(16-18)17-27-22(24)13-10-19-8-11-21(12-9-19)28(25,26)23-14-3-2-4-15-23/h5-9,11-12,16H,2-4,10,13-15,17H2,1H3. The number of hydrogen-bond donors (Lipinski definition) is 0. The summed E-state index contributed by atoms with van der Waals surface area (Å²) in [5, 5.41) is 0. The topological polar surface area (TPSA) is 63.7 Å². The maximum absolute atomic E-state index is 12.7. The fourth-order valence-corrected chi connectivity index (χ4v) is 4.88. The van der Waals surface area contributed by atoms with Crippen molar-refractivity contribution in [1.29, 1.82) is 0 Å². The number of benzene rings is 2. The number of aryl methyl sites for hydroxylation is 2. The molecule has 150 valence electrons. The predicted octanol–water partition coefficient (Wildman–Crippen LogP) is 3.85. The quantitative estimate of drug-likeness (QED) is 0.661.